The molecule has 2 aromatic carbocycles. The van der Waals surface area contributed by atoms with Gasteiger partial charge in [-0.05, 0) is 29.8 Å². The molecule has 104 valence electrons. The highest BCUT2D eigenvalue weighted by atomic mass is 16.5. The molecule has 1 atom stereocenters. The maximum atomic E-state index is 11.8. The monoisotopic (exact) mass is 271 g/mol. The first kappa shape index (κ1) is 14.1. The number of rotatable bonds is 5. The molecule has 0 fully saturated rings. The fourth-order valence-electron chi connectivity index (χ4n) is 1.82. The molecule has 1 amide bonds. The van der Waals surface area contributed by atoms with Gasteiger partial charge in [-0.25, -0.2) is 0 Å². The highest BCUT2D eigenvalue weighted by molar-refractivity contribution is 5.94. The molecule has 0 spiro atoms. The quantitative estimate of drug-likeness (QED) is 0.876. The summed E-state index contributed by atoms with van der Waals surface area (Å²) < 4.78 is 5.05. The summed E-state index contributed by atoms with van der Waals surface area (Å²) in [6.07, 6.45) is -0.742. The summed E-state index contributed by atoms with van der Waals surface area (Å²) in [6, 6.07) is 16.0. The van der Waals surface area contributed by atoms with E-state index in [0.717, 1.165) is 11.3 Å². The van der Waals surface area contributed by atoms with Crippen LogP contribution >= 0.6 is 0 Å². The number of carbonyl (C=O) groups is 1. The maximum Gasteiger partial charge on any atom is 0.251 e. The van der Waals surface area contributed by atoms with Gasteiger partial charge in [-0.2, -0.15) is 0 Å². The van der Waals surface area contributed by atoms with Crippen LogP contribution in [0.25, 0.3) is 0 Å². The number of hydrogen-bond donors (Lipinski definition) is 2. The molecule has 0 bridgehead atoms. The van der Waals surface area contributed by atoms with E-state index in [1.165, 1.54) is 0 Å². The first-order valence-electron chi connectivity index (χ1n) is 6.36. The van der Waals surface area contributed by atoms with Crippen LogP contribution in [-0.4, -0.2) is 24.7 Å². The van der Waals surface area contributed by atoms with Gasteiger partial charge in [0.2, 0.25) is 0 Å². The van der Waals surface area contributed by atoms with Crippen molar-refractivity contribution in [3.8, 4) is 5.75 Å². The molecule has 0 radical (unpaired) electrons. The minimum Gasteiger partial charge on any atom is -0.497 e. The SMILES string of the molecule is COc1ccc([C@H](O)CNC(=O)c2ccccc2)cc1. The molecule has 20 heavy (non-hydrogen) atoms. The summed E-state index contributed by atoms with van der Waals surface area (Å²) in [7, 11) is 1.59. The van der Waals surface area contributed by atoms with Crippen molar-refractivity contribution in [1.82, 2.24) is 5.32 Å². The van der Waals surface area contributed by atoms with E-state index < -0.39 is 6.10 Å². The average Bonchev–Trinajstić information content (AvgIpc) is 2.53. The number of nitrogens with one attached hydrogen (secondary N) is 1. The van der Waals surface area contributed by atoms with Crippen molar-refractivity contribution >= 4 is 5.91 Å². The van der Waals surface area contributed by atoms with Crippen LogP contribution in [0.15, 0.2) is 54.6 Å². The van der Waals surface area contributed by atoms with Gasteiger partial charge in [0.1, 0.15) is 5.75 Å². The lowest BCUT2D eigenvalue weighted by atomic mass is 10.1. The van der Waals surface area contributed by atoms with Crippen molar-refractivity contribution in [3.05, 3.63) is 65.7 Å². The van der Waals surface area contributed by atoms with Crippen LogP contribution in [-0.2, 0) is 0 Å². The van der Waals surface area contributed by atoms with Crippen molar-refractivity contribution in [3.63, 3.8) is 0 Å². The fraction of sp³-hybridized carbons (Fsp3) is 0.188. The summed E-state index contributed by atoms with van der Waals surface area (Å²) in [6.45, 7) is 0.167. The van der Waals surface area contributed by atoms with Crippen LogP contribution in [0.1, 0.15) is 22.0 Å². The number of methoxy groups -OCH3 is 1. The number of aliphatic hydroxyl groups excluding tert-OH is 1. The van der Waals surface area contributed by atoms with Gasteiger partial charge in [0.15, 0.2) is 0 Å². The topological polar surface area (TPSA) is 58.6 Å². The molecular formula is C16H17NO3. The second-order valence-corrected chi connectivity index (χ2v) is 4.37. The fourth-order valence-corrected chi connectivity index (χ4v) is 1.82. The van der Waals surface area contributed by atoms with E-state index in [2.05, 4.69) is 5.32 Å². The molecule has 2 aromatic rings. The summed E-state index contributed by atoms with van der Waals surface area (Å²) in [5.41, 5.74) is 1.31. The van der Waals surface area contributed by atoms with E-state index in [4.69, 9.17) is 4.74 Å². The van der Waals surface area contributed by atoms with Crippen molar-refractivity contribution < 1.29 is 14.6 Å². The van der Waals surface area contributed by atoms with Gasteiger partial charge in [0.05, 0.1) is 13.2 Å². The predicted molar refractivity (Wildman–Crippen MR) is 76.7 cm³/mol. The zero-order valence-corrected chi connectivity index (χ0v) is 11.2. The lowest BCUT2D eigenvalue weighted by molar-refractivity contribution is 0.0916. The van der Waals surface area contributed by atoms with Gasteiger partial charge in [0.25, 0.3) is 5.91 Å². The Morgan fingerprint density at radius 2 is 1.80 bits per heavy atom. The molecule has 0 heterocycles. The van der Waals surface area contributed by atoms with E-state index in [1.54, 1.807) is 55.6 Å². The first-order chi connectivity index (χ1) is 9.70. The normalized spacial score (nSPS) is 11.7. The highest BCUT2D eigenvalue weighted by Crippen LogP contribution is 2.17. The Kier molecular flexibility index (Phi) is 4.74. The van der Waals surface area contributed by atoms with Crippen LogP contribution in [0.3, 0.4) is 0 Å². The van der Waals surface area contributed by atoms with Gasteiger partial charge < -0.3 is 15.2 Å². The van der Waals surface area contributed by atoms with E-state index in [-0.39, 0.29) is 12.5 Å². The molecule has 0 aliphatic carbocycles. The van der Waals surface area contributed by atoms with Gasteiger partial charge >= 0.3 is 0 Å². The zero-order valence-electron chi connectivity index (χ0n) is 11.2. The van der Waals surface area contributed by atoms with Crippen molar-refractivity contribution in [2.24, 2.45) is 0 Å². The number of benzene rings is 2. The van der Waals surface area contributed by atoms with Crippen LogP contribution in [0.4, 0.5) is 0 Å². The summed E-state index contributed by atoms with van der Waals surface area (Å²) in [5.74, 6) is 0.535. The van der Waals surface area contributed by atoms with Crippen LogP contribution in [0, 0.1) is 0 Å². The third-order valence-corrected chi connectivity index (χ3v) is 2.99. The third kappa shape index (κ3) is 3.59. The maximum absolute atomic E-state index is 11.8. The van der Waals surface area contributed by atoms with Crippen LogP contribution < -0.4 is 10.1 Å². The Hall–Kier alpha value is -2.33. The highest BCUT2D eigenvalue weighted by Gasteiger charge is 2.10. The number of aliphatic hydroxyl groups is 1. The van der Waals surface area contributed by atoms with E-state index >= 15 is 0 Å². The Balaban J connectivity index is 1.91. The standard InChI is InChI=1S/C16H17NO3/c1-20-14-9-7-12(8-10-14)15(18)11-17-16(19)13-5-3-2-4-6-13/h2-10,15,18H,11H2,1H3,(H,17,19)/t15-/m1/s1. The molecule has 0 saturated heterocycles. The number of hydrogen-bond acceptors (Lipinski definition) is 3. The smallest absolute Gasteiger partial charge is 0.251 e. The van der Waals surface area contributed by atoms with Gasteiger partial charge in [-0.1, -0.05) is 30.3 Å². The molecule has 0 aromatic heterocycles. The molecule has 2 rings (SSSR count). The molecule has 0 unspecified atom stereocenters. The predicted octanol–water partition coefficient (Wildman–Crippen LogP) is 2.16. The van der Waals surface area contributed by atoms with E-state index in [0.29, 0.717) is 5.56 Å². The van der Waals surface area contributed by atoms with E-state index in [1.807, 2.05) is 6.07 Å². The number of amides is 1. The van der Waals surface area contributed by atoms with Crippen LogP contribution in [0.5, 0.6) is 5.75 Å². The minimum atomic E-state index is -0.742. The van der Waals surface area contributed by atoms with Crippen molar-refractivity contribution in [2.45, 2.75) is 6.10 Å². The lowest BCUT2D eigenvalue weighted by Crippen LogP contribution is -2.28. The average molecular weight is 271 g/mol. The third-order valence-electron chi connectivity index (χ3n) is 2.99. The molecule has 0 aliphatic heterocycles. The number of carbonyl (C=O) groups excluding carboxylic acids is 1. The Labute approximate surface area is 118 Å². The molecular weight excluding hydrogens is 254 g/mol. The summed E-state index contributed by atoms with van der Waals surface area (Å²) in [4.78, 5) is 11.8. The summed E-state index contributed by atoms with van der Waals surface area (Å²) in [5, 5.41) is 12.7. The summed E-state index contributed by atoms with van der Waals surface area (Å²) >= 11 is 0. The van der Waals surface area contributed by atoms with Crippen LogP contribution in [0.2, 0.25) is 0 Å². The number of ether oxygens (including phenoxy) is 1. The second-order valence-electron chi connectivity index (χ2n) is 4.37. The largest absolute Gasteiger partial charge is 0.497 e. The molecule has 2 N–H and O–H groups in total. The van der Waals surface area contributed by atoms with Crippen molar-refractivity contribution in [2.75, 3.05) is 13.7 Å². The Morgan fingerprint density at radius 1 is 1.15 bits per heavy atom. The van der Waals surface area contributed by atoms with E-state index in [9.17, 15) is 9.90 Å². The molecule has 0 aliphatic rings. The molecule has 0 saturated carbocycles. The zero-order chi connectivity index (χ0) is 14.4. The van der Waals surface area contributed by atoms with Gasteiger partial charge in [-0.15, -0.1) is 0 Å². The first-order valence-corrected chi connectivity index (χ1v) is 6.36. The Bertz CT molecular complexity index is 552. The van der Waals surface area contributed by atoms with Gasteiger partial charge in [0, 0.05) is 12.1 Å². The molecule has 4 nitrogen and oxygen atoms in total. The van der Waals surface area contributed by atoms with Gasteiger partial charge in [-0.3, -0.25) is 4.79 Å². The second kappa shape index (κ2) is 6.73. The minimum absolute atomic E-state index is 0.167. The van der Waals surface area contributed by atoms with Crippen molar-refractivity contribution in [1.29, 1.82) is 0 Å². The molecule has 4 heteroatoms. The lowest BCUT2D eigenvalue weighted by Gasteiger charge is -2.12. The Morgan fingerprint density at radius 3 is 2.40 bits per heavy atom.